The molecule has 1 aromatic heterocycles. The van der Waals surface area contributed by atoms with Gasteiger partial charge in [-0.25, -0.2) is 8.42 Å². The van der Waals surface area contributed by atoms with Gasteiger partial charge in [-0.05, 0) is 30.3 Å². The van der Waals surface area contributed by atoms with Crippen molar-refractivity contribution in [1.82, 2.24) is 0 Å². The molecule has 0 spiro atoms. The Morgan fingerprint density at radius 1 is 1.11 bits per heavy atom. The van der Waals surface area contributed by atoms with Gasteiger partial charge in [0, 0.05) is 16.0 Å². The van der Waals surface area contributed by atoms with Crippen molar-refractivity contribution < 1.29 is 26.7 Å². The molecule has 0 radical (unpaired) electrons. The number of para-hydroxylation sites is 2. The smallest absolute Gasteiger partial charge is 0.341 e. The van der Waals surface area contributed by atoms with E-state index in [0.29, 0.717) is 11.5 Å². The molecule has 5 nitrogen and oxygen atoms in total. The summed E-state index contributed by atoms with van der Waals surface area (Å²) < 4.78 is 55.2. The van der Waals surface area contributed by atoms with Crippen LogP contribution in [-0.2, 0) is 16.4 Å². The maximum Gasteiger partial charge on any atom is 0.341 e. The number of halogens is 2. The van der Waals surface area contributed by atoms with E-state index in [4.69, 9.17) is 4.74 Å². The number of amides is 1. The highest BCUT2D eigenvalue weighted by atomic mass is 32.2. The molecule has 0 atom stereocenters. The Morgan fingerprint density at radius 2 is 1.82 bits per heavy atom. The Morgan fingerprint density at radius 3 is 2.61 bits per heavy atom. The minimum absolute atomic E-state index is 0.184. The fraction of sp³-hybridized carbons (Fsp3) is 0.105. The molecule has 0 saturated heterocycles. The quantitative estimate of drug-likeness (QED) is 0.671. The molecule has 2 aromatic carbocycles. The van der Waals surface area contributed by atoms with Crippen LogP contribution in [0.25, 0.3) is 10.4 Å². The summed E-state index contributed by atoms with van der Waals surface area (Å²) >= 11 is 1.24. The lowest BCUT2D eigenvalue weighted by Gasteiger charge is -2.16. The second kappa shape index (κ2) is 6.99. The van der Waals surface area contributed by atoms with Gasteiger partial charge in [-0.15, -0.1) is 11.3 Å². The van der Waals surface area contributed by atoms with Gasteiger partial charge in [-0.1, -0.05) is 24.3 Å². The third-order valence-electron chi connectivity index (χ3n) is 4.22. The lowest BCUT2D eigenvalue weighted by Crippen LogP contribution is -2.17. The third-order valence-corrected chi connectivity index (χ3v) is 6.87. The van der Waals surface area contributed by atoms with Gasteiger partial charge in [0.15, 0.2) is 0 Å². The molecule has 3 aromatic rings. The van der Waals surface area contributed by atoms with Crippen molar-refractivity contribution in [2.45, 2.75) is 17.3 Å². The van der Waals surface area contributed by atoms with E-state index in [1.807, 2.05) is 24.3 Å². The Bertz CT molecular complexity index is 1170. The van der Waals surface area contributed by atoms with Gasteiger partial charge in [0.05, 0.1) is 15.5 Å². The van der Waals surface area contributed by atoms with Crippen molar-refractivity contribution in [3.63, 3.8) is 0 Å². The number of ether oxygens (including phenoxy) is 1. The van der Waals surface area contributed by atoms with E-state index in [1.165, 1.54) is 29.5 Å². The van der Waals surface area contributed by atoms with Gasteiger partial charge in [-0.3, -0.25) is 4.79 Å². The molecule has 1 aliphatic heterocycles. The van der Waals surface area contributed by atoms with Gasteiger partial charge >= 0.3 is 5.76 Å². The lowest BCUT2D eigenvalue weighted by molar-refractivity contribution is 0.103. The predicted molar refractivity (Wildman–Crippen MR) is 102 cm³/mol. The predicted octanol–water partition coefficient (Wildman–Crippen LogP) is 4.56. The van der Waals surface area contributed by atoms with Crippen molar-refractivity contribution in [2.75, 3.05) is 5.32 Å². The van der Waals surface area contributed by atoms with E-state index in [0.717, 1.165) is 27.8 Å². The second-order valence-corrected chi connectivity index (χ2v) is 8.94. The Labute approximate surface area is 163 Å². The van der Waals surface area contributed by atoms with Crippen LogP contribution in [0, 0.1) is 0 Å². The van der Waals surface area contributed by atoms with E-state index in [9.17, 15) is 22.0 Å². The van der Waals surface area contributed by atoms with Gasteiger partial charge in [-0.2, -0.15) is 8.78 Å². The maximum absolute atomic E-state index is 12.9. The van der Waals surface area contributed by atoms with E-state index in [2.05, 4.69) is 5.32 Å². The number of nitrogens with one attached hydrogen (secondary N) is 1. The number of benzene rings is 2. The fourth-order valence-corrected chi connectivity index (χ4v) is 4.89. The van der Waals surface area contributed by atoms with Crippen molar-refractivity contribution >= 4 is 32.8 Å². The summed E-state index contributed by atoms with van der Waals surface area (Å²) in [6, 6.07) is 14.2. The number of carbonyl (C=O) groups excluding carboxylic acids is 1. The largest absolute Gasteiger partial charge is 0.488 e. The zero-order valence-corrected chi connectivity index (χ0v) is 15.8. The van der Waals surface area contributed by atoms with Gasteiger partial charge < -0.3 is 10.1 Å². The fourth-order valence-electron chi connectivity index (χ4n) is 2.91. The number of hydrogen-bond acceptors (Lipinski definition) is 5. The topological polar surface area (TPSA) is 72.5 Å². The molecular weight excluding hydrogens is 408 g/mol. The van der Waals surface area contributed by atoms with Crippen molar-refractivity contribution in [2.24, 2.45) is 0 Å². The van der Waals surface area contributed by atoms with Crippen molar-refractivity contribution in [3.8, 4) is 16.2 Å². The number of carbonyl (C=O) groups is 1. The summed E-state index contributed by atoms with van der Waals surface area (Å²) in [4.78, 5) is 13.3. The molecule has 0 aliphatic carbocycles. The van der Waals surface area contributed by atoms with E-state index >= 15 is 0 Å². The van der Waals surface area contributed by atoms with Crippen LogP contribution in [0.5, 0.6) is 5.75 Å². The molecule has 9 heteroatoms. The normalized spacial score (nSPS) is 12.8. The molecule has 0 bridgehead atoms. The highest BCUT2D eigenvalue weighted by Gasteiger charge is 2.30. The number of fused-ring (bicyclic) bond motifs is 3. The van der Waals surface area contributed by atoms with E-state index in [-0.39, 0.29) is 5.69 Å². The minimum atomic E-state index is -4.84. The molecule has 0 saturated carbocycles. The molecule has 1 amide bonds. The molecule has 2 heterocycles. The average Bonchev–Trinajstić information content (AvgIpc) is 3.13. The number of anilines is 1. The first-order valence-corrected chi connectivity index (χ1v) is 10.5. The third kappa shape index (κ3) is 3.16. The monoisotopic (exact) mass is 421 g/mol. The van der Waals surface area contributed by atoms with Crippen LogP contribution >= 0.6 is 11.3 Å². The number of thiophene rings is 1. The molecular formula is C19H13F2NO4S2. The van der Waals surface area contributed by atoms with Crippen molar-refractivity contribution in [3.05, 3.63) is 65.0 Å². The number of rotatable bonds is 4. The summed E-state index contributed by atoms with van der Waals surface area (Å²) in [6.45, 7) is 0.312. The Kier molecular flexibility index (Phi) is 4.64. The summed E-state index contributed by atoms with van der Waals surface area (Å²) in [5.74, 6) is -3.43. The number of alkyl halides is 2. The Balaban J connectivity index is 1.67. The highest BCUT2D eigenvalue weighted by molar-refractivity contribution is 7.91. The first kappa shape index (κ1) is 18.6. The van der Waals surface area contributed by atoms with Crippen LogP contribution in [0.4, 0.5) is 14.5 Å². The van der Waals surface area contributed by atoms with Crippen LogP contribution in [-0.4, -0.2) is 20.1 Å². The second-order valence-electron chi connectivity index (χ2n) is 6.01. The van der Waals surface area contributed by atoms with Gasteiger partial charge in [0.1, 0.15) is 12.4 Å². The number of sulfone groups is 1. The van der Waals surface area contributed by atoms with Crippen LogP contribution in [0.3, 0.4) is 0 Å². The first-order valence-electron chi connectivity index (χ1n) is 8.15. The first-order chi connectivity index (χ1) is 13.4. The zero-order chi connectivity index (χ0) is 19.9. The van der Waals surface area contributed by atoms with Gasteiger partial charge in [0.2, 0.25) is 9.84 Å². The van der Waals surface area contributed by atoms with Crippen LogP contribution < -0.4 is 10.1 Å². The Hall–Kier alpha value is -2.78. The highest BCUT2D eigenvalue weighted by Crippen LogP contribution is 2.42. The molecule has 4 rings (SSSR count). The standard InChI is InChI=1S/C19H13F2NO4S2/c20-19(21)28(24,25)16-8-4-2-6-13(16)22-18(23)15-9-11-10-26-14-7-3-1-5-12(14)17(11)27-15/h1-9,19H,10H2,(H,22,23). The van der Waals surface area contributed by atoms with Crippen LogP contribution in [0.15, 0.2) is 59.5 Å². The molecule has 0 fully saturated rings. The zero-order valence-electron chi connectivity index (χ0n) is 14.2. The maximum atomic E-state index is 12.9. The van der Waals surface area contributed by atoms with Gasteiger partial charge in [0.25, 0.3) is 5.91 Å². The van der Waals surface area contributed by atoms with Crippen LogP contribution in [0.2, 0.25) is 0 Å². The lowest BCUT2D eigenvalue weighted by atomic mass is 10.1. The van der Waals surface area contributed by atoms with Crippen molar-refractivity contribution in [1.29, 1.82) is 0 Å². The molecule has 1 N–H and O–H groups in total. The minimum Gasteiger partial charge on any atom is -0.488 e. The molecule has 1 aliphatic rings. The SMILES string of the molecule is O=C(Nc1ccccc1S(=O)(=O)C(F)F)c1cc2c(s1)-c1ccccc1OC2. The van der Waals surface area contributed by atoms with E-state index in [1.54, 1.807) is 6.07 Å². The molecule has 0 unspecified atom stereocenters. The van der Waals surface area contributed by atoms with E-state index < -0.39 is 26.4 Å². The summed E-state index contributed by atoms with van der Waals surface area (Å²) in [7, 11) is -4.84. The molecule has 28 heavy (non-hydrogen) atoms. The molecule has 144 valence electrons. The summed E-state index contributed by atoms with van der Waals surface area (Å²) in [5.41, 5.74) is 1.52. The average molecular weight is 421 g/mol. The number of hydrogen-bond donors (Lipinski definition) is 1. The van der Waals surface area contributed by atoms with Crippen LogP contribution in [0.1, 0.15) is 15.2 Å². The summed E-state index contributed by atoms with van der Waals surface area (Å²) in [6.07, 6.45) is 0. The summed E-state index contributed by atoms with van der Waals surface area (Å²) in [5, 5.41) is 2.44.